The van der Waals surface area contributed by atoms with Crippen LogP contribution in [0.1, 0.15) is 37.0 Å². The zero-order valence-electron chi connectivity index (χ0n) is 14.7. The lowest BCUT2D eigenvalue weighted by molar-refractivity contribution is 0.281. The maximum absolute atomic E-state index is 9.73. The number of aryl methyl sites for hydroxylation is 3. The van der Waals surface area contributed by atoms with Crippen molar-refractivity contribution in [1.82, 2.24) is 4.57 Å². The van der Waals surface area contributed by atoms with Gasteiger partial charge < -0.3 is 14.4 Å². The summed E-state index contributed by atoms with van der Waals surface area (Å²) in [6, 6.07) is 2.11. The summed E-state index contributed by atoms with van der Waals surface area (Å²) in [6.45, 7) is 9.52. The van der Waals surface area contributed by atoms with E-state index in [2.05, 4.69) is 50.5 Å². The molecule has 23 heavy (non-hydrogen) atoms. The third kappa shape index (κ3) is 2.31. The number of benzene rings is 1. The van der Waals surface area contributed by atoms with Gasteiger partial charge in [0.05, 0.1) is 24.6 Å². The molecule has 0 fully saturated rings. The largest absolute Gasteiger partial charge is 0.500 e. The maximum atomic E-state index is 9.73. The van der Waals surface area contributed by atoms with E-state index < -0.39 is 0 Å². The normalized spacial score (nSPS) is 14.3. The predicted octanol–water partition coefficient (Wildman–Crippen LogP) is 2.66. The van der Waals surface area contributed by atoms with E-state index in [0.29, 0.717) is 0 Å². The molecule has 1 aromatic heterocycles. The lowest BCUT2D eigenvalue weighted by Crippen LogP contribution is -2.30. The first kappa shape index (κ1) is 15.9. The molecule has 1 aromatic carbocycles. The topological polar surface area (TPSA) is 34.4 Å². The average molecular weight is 311 g/mol. The second kappa shape index (κ2) is 5.89. The molecular weight excluding hydrogens is 286 g/mol. The summed E-state index contributed by atoms with van der Waals surface area (Å²) < 4.78 is 8.15. The van der Waals surface area contributed by atoms with Gasteiger partial charge in [-0.05, 0) is 50.5 Å². The lowest BCUT2D eigenvalue weighted by Gasteiger charge is -2.11. The third-order valence-electron chi connectivity index (χ3n) is 4.90. The molecule has 1 N–H and O–H groups in total. The minimum atomic E-state index is 0.0675. The van der Waals surface area contributed by atoms with Gasteiger partial charge in [-0.25, -0.2) is 0 Å². The van der Waals surface area contributed by atoms with Gasteiger partial charge in [-0.1, -0.05) is 17.7 Å². The van der Waals surface area contributed by atoms with Crippen LogP contribution in [0.4, 0.5) is 0 Å². The Morgan fingerprint density at radius 1 is 1.22 bits per heavy atom. The van der Waals surface area contributed by atoms with Crippen LogP contribution in [0.25, 0.3) is 22.7 Å². The molecule has 0 saturated heterocycles. The molecule has 3 heteroatoms. The van der Waals surface area contributed by atoms with Crippen LogP contribution in [-0.4, -0.2) is 16.8 Å². The standard InChI is InChI=1S/C20H25NO2/c1-6-21-16-8-7-12(2)9-17(23-5)19(16)18-14(4)15(11-22)10-13(3)20(18)21/h7-8,10,22H,6,9,11H2,1-5H3. The van der Waals surface area contributed by atoms with Crippen molar-refractivity contribution in [1.29, 1.82) is 0 Å². The second-order valence-electron chi connectivity index (χ2n) is 6.35. The van der Waals surface area contributed by atoms with Crippen molar-refractivity contribution in [3.05, 3.63) is 45.0 Å². The molecule has 2 aromatic rings. The van der Waals surface area contributed by atoms with Crippen LogP contribution in [-0.2, 0) is 17.9 Å². The van der Waals surface area contributed by atoms with Crippen molar-refractivity contribution in [2.75, 3.05) is 7.11 Å². The van der Waals surface area contributed by atoms with Crippen LogP contribution >= 0.6 is 0 Å². The molecule has 1 heterocycles. The average Bonchev–Trinajstić information content (AvgIpc) is 2.79. The van der Waals surface area contributed by atoms with E-state index in [1.807, 2.05) is 0 Å². The number of aromatic nitrogens is 1. The van der Waals surface area contributed by atoms with E-state index in [1.54, 1.807) is 7.11 Å². The Balaban J connectivity index is 2.67. The second-order valence-corrected chi connectivity index (χ2v) is 6.35. The first-order valence-corrected chi connectivity index (χ1v) is 8.20. The SMILES string of the molecule is CCn1c2c(c3c(C)c(CO)cc(C)c31)=C(OC)CC(C)=CC=2. The number of aliphatic hydroxyl groups excluding tert-OH is 1. The van der Waals surface area contributed by atoms with E-state index in [-0.39, 0.29) is 6.61 Å². The van der Waals surface area contributed by atoms with Gasteiger partial charge in [-0.15, -0.1) is 0 Å². The van der Waals surface area contributed by atoms with Gasteiger partial charge in [0.2, 0.25) is 0 Å². The molecule has 0 aliphatic heterocycles. The number of hydrogen-bond donors (Lipinski definition) is 1. The molecule has 0 radical (unpaired) electrons. The Hall–Kier alpha value is -2.00. The molecule has 3 nitrogen and oxygen atoms in total. The molecule has 0 atom stereocenters. The van der Waals surface area contributed by atoms with Crippen LogP contribution in [0.5, 0.6) is 0 Å². The molecule has 0 unspecified atom stereocenters. The van der Waals surface area contributed by atoms with Crippen LogP contribution in [0.2, 0.25) is 0 Å². The number of fused-ring (bicyclic) bond motifs is 3. The quantitative estimate of drug-likeness (QED) is 0.945. The van der Waals surface area contributed by atoms with E-state index >= 15 is 0 Å². The molecule has 0 spiro atoms. The van der Waals surface area contributed by atoms with Gasteiger partial charge >= 0.3 is 0 Å². The number of allylic oxidation sites excluding steroid dienone is 1. The third-order valence-corrected chi connectivity index (χ3v) is 4.90. The summed E-state index contributed by atoms with van der Waals surface area (Å²) in [4.78, 5) is 0. The van der Waals surface area contributed by atoms with Crippen molar-refractivity contribution in [3.63, 3.8) is 0 Å². The fourth-order valence-corrected chi connectivity index (χ4v) is 3.75. The Morgan fingerprint density at radius 2 is 1.96 bits per heavy atom. The van der Waals surface area contributed by atoms with Gasteiger partial charge in [0.25, 0.3) is 0 Å². The highest BCUT2D eigenvalue weighted by Gasteiger charge is 2.18. The Kier molecular flexibility index (Phi) is 4.07. The number of hydrogen-bond acceptors (Lipinski definition) is 2. The predicted molar refractivity (Wildman–Crippen MR) is 95.5 cm³/mol. The summed E-state index contributed by atoms with van der Waals surface area (Å²) in [6.07, 6.45) is 5.22. The zero-order chi connectivity index (χ0) is 16.7. The van der Waals surface area contributed by atoms with Gasteiger partial charge in [-0.2, -0.15) is 0 Å². The zero-order valence-corrected chi connectivity index (χ0v) is 14.7. The van der Waals surface area contributed by atoms with Crippen LogP contribution in [0.15, 0.2) is 17.7 Å². The number of methoxy groups -OCH3 is 1. The Morgan fingerprint density at radius 3 is 2.57 bits per heavy atom. The maximum Gasteiger partial charge on any atom is 0.110 e. The highest BCUT2D eigenvalue weighted by atomic mass is 16.5. The molecule has 0 saturated carbocycles. The fourth-order valence-electron chi connectivity index (χ4n) is 3.75. The summed E-state index contributed by atoms with van der Waals surface area (Å²) in [5.74, 6) is 1.01. The van der Waals surface area contributed by atoms with Crippen molar-refractivity contribution >= 4 is 22.7 Å². The van der Waals surface area contributed by atoms with Crippen LogP contribution in [0.3, 0.4) is 0 Å². The van der Waals surface area contributed by atoms with Gasteiger partial charge in [-0.3, -0.25) is 0 Å². The number of aliphatic hydroxyl groups is 1. The summed E-state index contributed by atoms with van der Waals surface area (Å²) in [5.41, 5.74) is 5.90. The van der Waals surface area contributed by atoms with Crippen molar-refractivity contribution in [2.24, 2.45) is 0 Å². The summed E-state index contributed by atoms with van der Waals surface area (Å²) in [5, 5.41) is 13.3. The number of rotatable bonds is 3. The molecular formula is C20H25NO2. The minimum absolute atomic E-state index is 0.0675. The minimum Gasteiger partial charge on any atom is -0.500 e. The first-order chi connectivity index (χ1) is 11.0. The number of ether oxygens (including phenoxy) is 1. The van der Waals surface area contributed by atoms with Crippen molar-refractivity contribution in [2.45, 2.75) is 47.3 Å². The molecule has 122 valence electrons. The molecule has 1 aliphatic carbocycles. The molecule has 0 amide bonds. The van der Waals surface area contributed by atoms with Crippen molar-refractivity contribution in [3.8, 4) is 0 Å². The molecule has 1 aliphatic rings. The monoisotopic (exact) mass is 311 g/mol. The summed E-state index contributed by atoms with van der Waals surface area (Å²) in [7, 11) is 1.75. The van der Waals surface area contributed by atoms with Crippen LogP contribution < -0.4 is 10.6 Å². The smallest absolute Gasteiger partial charge is 0.110 e. The highest BCUT2D eigenvalue weighted by molar-refractivity contribution is 5.90. The first-order valence-electron chi connectivity index (χ1n) is 8.20. The van der Waals surface area contributed by atoms with Crippen LogP contribution in [0, 0.1) is 13.8 Å². The lowest BCUT2D eigenvalue weighted by atomic mass is 9.99. The molecule has 3 rings (SSSR count). The van der Waals surface area contributed by atoms with E-state index in [1.165, 1.54) is 32.6 Å². The number of nitrogens with zero attached hydrogens (tertiary/aromatic N) is 1. The van der Waals surface area contributed by atoms with Gasteiger partial charge in [0.1, 0.15) is 5.76 Å². The molecule has 0 bridgehead atoms. The van der Waals surface area contributed by atoms with Gasteiger partial charge in [0, 0.05) is 23.6 Å². The Bertz CT molecular complexity index is 929. The van der Waals surface area contributed by atoms with Crippen molar-refractivity contribution < 1.29 is 9.84 Å². The van der Waals surface area contributed by atoms with Gasteiger partial charge in [0.15, 0.2) is 0 Å². The highest BCUT2D eigenvalue weighted by Crippen LogP contribution is 2.25. The Labute approximate surface area is 137 Å². The van der Waals surface area contributed by atoms with E-state index in [9.17, 15) is 5.11 Å². The van der Waals surface area contributed by atoms with E-state index in [4.69, 9.17) is 4.74 Å². The fraction of sp³-hybridized carbons (Fsp3) is 0.400. The van der Waals surface area contributed by atoms with E-state index in [0.717, 1.165) is 29.9 Å². The summed E-state index contributed by atoms with van der Waals surface area (Å²) >= 11 is 0.